The van der Waals surface area contributed by atoms with Crippen LogP contribution in [0.25, 0.3) is 5.69 Å². The van der Waals surface area contributed by atoms with Crippen molar-refractivity contribution in [1.29, 1.82) is 0 Å². The molecule has 23 heavy (non-hydrogen) atoms. The van der Waals surface area contributed by atoms with Crippen molar-refractivity contribution in [2.24, 2.45) is 0 Å². The predicted octanol–water partition coefficient (Wildman–Crippen LogP) is 4.99. The van der Waals surface area contributed by atoms with E-state index in [9.17, 15) is 0 Å². The van der Waals surface area contributed by atoms with Crippen LogP contribution in [-0.2, 0) is 0 Å². The van der Waals surface area contributed by atoms with E-state index in [2.05, 4.69) is 31.1 Å². The van der Waals surface area contributed by atoms with Gasteiger partial charge in [-0.25, -0.2) is 4.98 Å². The number of imidazole rings is 1. The summed E-state index contributed by atoms with van der Waals surface area (Å²) in [7, 11) is 0. The molecule has 0 aliphatic carbocycles. The van der Waals surface area contributed by atoms with E-state index in [1.165, 1.54) is 0 Å². The molecule has 0 bridgehead atoms. The van der Waals surface area contributed by atoms with Crippen LogP contribution >= 0.6 is 27.7 Å². The summed E-state index contributed by atoms with van der Waals surface area (Å²) in [5.41, 5.74) is 1.06. The Morgan fingerprint density at radius 1 is 1.17 bits per heavy atom. The van der Waals surface area contributed by atoms with E-state index in [1.807, 2.05) is 55.8 Å². The van der Waals surface area contributed by atoms with E-state index in [-0.39, 0.29) is 11.2 Å². The molecule has 0 saturated carbocycles. The van der Waals surface area contributed by atoms with E-state index < -0.39 is 0 Å². The summed E-state index contributed by atoms with van der Waals surface area (Å²) in [5.74, 6) is 1.63. The van der Waals surface area contributed by atoms with Crippen molar-refractivity contribution in [2.75, 3.05) is 0 Å². The first-order chi connectivity index (χ1) is 11.0. The largest absolute Gasteiger partial charge is 0.338 e. The number of hydrogen-bond acceptors (Lipinski definition) is 5. The number of benzene rings is 1. The molecule has 0 aliphatic rings. The van der Waals surface area contributed by atoms with Gasteiger partial charge in [-0.05, 0) is 31.2 Å². The zero-order valence-corrected chi connectivity index (χ0v) is 15.5. The molecule has 5 nitrogen and oxygen atoms in total. The molecule has 3 aromatic rings. The monoisotopic (exact) mass is 392 g/mol. The highest BCUT2D eigenvalue weighted by Gasteiger charge is 2.19. The van der Waals surface area contributed by atoms with E-state index >= 15 is 0 Å². The van der Waals surface area contributed by atoms with Gasteiger partial charge in [-0.15, -0.1) is 0 Å². The number of hydrogen-bond donors (Lipinski definition) is 0. The molecule has 0 N–H and O–H groups in total. The second-order valence-electron chi connectivity index (χ2n) is 5.46. The minimum absolute atomic E-state index is 0.0339. The Bertz CT molecular complexity index is 781. The smallest absolute Gasteiger partial charge is 0.239 e. The van der Waals surface area contributed by atoms with Crippen LogP contribution in [0.15, 0.2) is 50.8 Å². The van der Waals surface area contributed by atoms with Gasteiger partial charge in [0.05, 0.1) is 5.25 Å². The van der Waals surface area contributed by atoms with Gasteiger partial charge in [0.25, 0.3) is 0 Å². The molecule has 1 unspecified atom stereocenters. The Morgan fingerprint density at radius 2 is 1.91 bits per heavy atom. The summed E-state index contributed by atoms with van der Waals surface area (Å²) in [4.78, 5) is 8.91. The fraction of sp³-hybridized carbons (Fsp3) is 0.312. The van der Waals surface area contributed by atoms with Crippen LogP contribution in [0.1, 0.15) is 43.7 Å². The lowest BCUT2D eigenvalue weighted by molar-refractivity contribution is 0.373. The first kappa shape index (κ1) is 16.3. The van der Waals surface area contributed by atoms with Crippen molar-refractivity contribution >= 4 is 27.7 Å². The third-order valence-corrected chi connectivity index (χ3v) is 4.91. The van der Waals surface area contributed by atoms with Gasteiger partial charge < -0.3 is 4.52 Å². The molecule has 2 aromatic heterocycles. The lowest BCUT2D eigenvalue weighted by Crippen LogP contribution is -1.98. The molecular formula is C16H17BrN4OS. The third kappa shape index (κ3) is 3.67. The second kappa shape index (κ2) is 6.88. The average molecular weight is 393 g/mol. The van der Waals surface area contributed by atoms with Crippen molar-refractivity contribution in [2.45, 2.75) is 37.1 Å². The molecule has 0 saturated heterocycles. The van der Waals surface area contributed by atoms with Crippen LogP contribution in [0.4, 0.5) is 0 Å². The van der Waals surface area contributed by atoms with Gasteiger partial charge in [0.1, 0.15) is 0 Å². The van der Waals surface area contributed by atoms with E-state index in [0.29, 0.717) is 5.89 Å². The maximum absolute atomic E-state index is 5.37. The van der Waals surface area contributed by atoms with Gasteiger partial charge in [0.2, 0.25) is 5.89 Å². The fourth-order valence-corrected chi connectivity index (χ4v) is 3.21. The number of nitrogens with zero attached hydrogens (tertiary/aromatic N) is 4. The molecular weight excluding hydrogens is 376 g/mol. The Hall–Kier alpha value is -1.60. The van der Waals surface area contributed by atoms with Crippen molar-refractivity contribution < 1.29 is 4.52 Å². The first-order valence-corrected chi connectivity index (χ1v) is 9.01. The van der Waals surface area contributed by atoms with Gasteiger partial charge in [0, 0.05) is 28.5 Å². The quantitative estimate of drug-likeness (QED) is 0.572. The van der Waals surface area contributed by atoms with Crippen LogP contribution < -0.4 is 0 Å². The highest BCUT2D eigenvalue weighted by Crippen LogP contribution is 2.34. The molecule has 0 spiro atoms. The van der Waals surface area contributed by atoms with Crippen molar-refractivity contribution in [3.05, 3.63) is 52.8 Å². The standard InChI is InChI=1S/C16H17BrN4OS/c1-10(2)14-19-15(22-20-14)11(3)23-16-18-8-9-21(16)13-6-4-12(17)5-7-13/h4-11H,1-3H3. The predicted molar refractivity (Wildman–Crippen MR) is 93.9 cm³/mol. The summed E-state index contributed by atoms with van der Waals surface area (Å²) in [5, 5.41) is 4.95. The molecule has 2 heterocycles. The maximum Gasteiger partial charge on any atom is 0.239 e. The Morgan fingerprint density at radius 3 is 2.57 bits per heavy atom. The van der Waals surface area contributed by atoms with Gasteiger partial charge >= 0.3 is 0 Å². The van der Waals surface area contributed by atoms with Crippen molar-refractivity contribution in [3.8, 4) is 5.69 Å². The molecule has 0 fully saturated rings. The van der Waals surface area contributed by atoms with Gasteiger partial charge in [-0.3, -0.25) is 4.57 Å². The van der Waals surface area contributed by atoms with Crippen LogP contribution in [0, 0.1) is 0 Å². The first-order valence-electron chi connectivity index (χ1n) is 7.34. The molecule has 0 radical (unpaired) electrons. The molecule has 0 aliphatic heterocycles. The number of halogens is 1. The fourth-order valence-electron chi connectivity index (χ4n) is 2.03. The lowest BCUT2D eigenvalue weighted by Gasteiger charge is -2.10. The Balaban J connectivity index is 1.80. The summed E-state index contributed by atoms with van der Waals surface area (Å²) >= 11 is 5.05. The molecule has 1 aromatic carbocycles. The summed E-state index contributed by atoms with van der Waals surface area (Å²) in [6.45, 7) is 6.14. The SMILES string of the molecule is CC(C)c1noc(C(C)Sc2nccn2-c2ccc(Br)cc2)n1. The zero-order chi connectivity index (χ0) is 16.4. The topological polar surface area (TPSA) is 56.7 Å². The minimum Gasteiger partial charge on any atom is -0.338 e. The average Bonchev–Trinajstić information content (AvgIpc) is 3.17. The number of rotatable bonds is 5. The Labute approximate surface area is 147 Å². The van der Waals surface area contributed by atoms with Gasteiger partial charge in [-0.2, -0.15) is 4.98 Å². The summed E-state index contributed by atoms with van der Waals surface area (Å²) < 4.78 is 8.47. The van der Waals surface area contributed by atoms with Crippen LogP contribution in [0.3, 0.4) is 0 Å². The van der Waals surface area contributed by atoms with Crippen molar-refractivity contribution in [1.82, 2.24) is 19.7 Å². The molecule has 0 amide bonds. The van der Waals surface area contributed by atoms with E-state index in [0.717, 1.165) is 21.1 Å². The summed E-state index contributed by atoms with van der Waals surface area (Å²) in [6, 6.07) is 8.12. The van der Waals surface area contributed by atoms with Gasteiger partial charge in [0.15, 0.2) is 11.0 Å². The molecule has 120 valence electrons. The lowest BCUT2D eigenvalue weighted by atomic mass is 10.2. The molecule has 1 atom stereocenters. The van der Waals surface area contributed by atoms with E-state index in [4.69, 9.17) is 4.52 Å². The molecule has 3 rings (SSSR count). The van der Waals surface area contributed by atoms with E-state index in [1.54, 1.807) is 18.0 Å². The normalized spacial score (nSPS) is 12.7. The highest BCUT2D eigenvalue weighted by atomic mass is 79.9. The minimum atomic E-state index is 0.0339. The Kier molecular flexibility index (Phi) is 4.87. The van der Waals surface area contributed by atoms with Crippen LogP contribution in [0.5, 0.6) is 0 Å². The van der Waals surface area contributed by atoms with Crippen molar-refractivity contribution in [3.63, 3.8) is 0 Å². The maximum atomic E-state index is 5.37. The second-order valence-corrected chi connectivity index (χ2v) is 7.69. The molecule has 7 heteroatoms. The highest BCUT2D eigenvalue weighted by molar-refractivity contribution is 9.10. The third-order valence-electron chi connectivity index (χ3n) is 3.32. The number of thioether (sulfide) groups is 1. The summed E-state index contributed by atoms with van der Waals surface area (Å²) in [6.07, 6.45) is 3.75. The zero-order valence-electron chi connectivity index (χ0n) is 13.1. The van der Waals surface area contributed by atoms with Crippen LogP contribution in [-0.4, -0.2) is 19.7 Å². The van der Waals surface area contributed by atoms with Gasteiger partial charge in [-0.1, -0.05) is 46.7 Å². The van der Waals surface area contributed by atoms with Crippen LogP contribution in [0.2, 0.25) is 0 Å². The number of aromatic nitrogens is 4.